The van der Waals surface area contributed by atoms with Gasteiger partial charge in [-0.3, -0.25) is 0 Å². The Kier molecular flexibility index (Phi) is 5.11. The van der Waals surface area contributed by atoms with E-state index < -0.39 is 0 Å². The molecule has 24 heavy (non-hydrogen) atoms. The Hall–Kier alpha value is -2.39. The quantitative estimate of drug-likeness (QED) is 0.548. The molecule has 3 aromatic rings. The lowest BCUT2D eigenvalue weighted by atomic mass is 10.0. The second-order valence-electron chi connectivity index (χ2n) is 6.29. The molecule has 0 saturated heterocycles. The number of fused-ring (bicyclic) bond motifs is 1. The van der Waals surface area contributed by atoms with Crippen LogP contribution in [-0.4, -0.2) is 6.54 Å². The maximum Gasteiger partial charge on any atom is 0.336 e. The van der Waals surface area contributed by atoms with Crippen LogP contribution < -0.4 is 10.9 Å². The number of benzene rings is 2. The molecule has 0 spiro atoms. The van der Waals surface area contributed by atoms with Gasteiger partial charge in [0.15, 0.2) is 0 Å². The van der Waals surface area contributed by atoms with Gasteiger partial charge < -0.3 is 9.73 Å². The first kappa shape index (κ1) is 16.5. The van der Waals surface area contributed by atoms with Crippen molar-refractivity contribution in [2.24, 2.45) is 0 Å². The molecule has 124 valence electrons. The Morgan fingerprint density at radius 1 is 1.00 bits per heavy atom. The van der Waals surface area contributed by atoms with E-state index >= 15 is 0 Å². The molecule has 0 aliphatic rings. The van der Waals surface area contributed by atoms with E-state index in [0.717, 1.165) is 35.9 Å². The topological polar surface area (TPSA) is 42.2 Å². The third-order valence-corrected chi connectivity index (χ3v) is 4.42. The molecule has 0 atom stereocenters. The van der Waals surface area contributed by atoms with Gasteiger partial charge in [0.25, 0.3) is 0 Å². The summed E-state index contributed by atoms with van der Waals surface area (Å²) in [5.74, 6) is 0. The van der Waals surface area contributed by atoms with E-state index in [1.165, 1.54) is 11.1 Å². The minimum atomic E-state index is -0.285. The molecule has 0 unspecified atom stereocenters. The Morgan fingerprint density at radius 2 is 1.75 bits per heavy atom. The standard InChI is InChI=1S/C21H23NO2/c1-15-11-19-18(13-21(23)24-20(19)12-16(15)2)14-22-10-6-9-17-7-4-3-5-8-17/h3-5,7-8,11-13,22H,6,9-10,14H2,1-2H3. The average Bonchev–Trinajstić information content (AvgIpc) is 2.57. The maximum absolute atomic E-state index is 11.8. The van der Waals surface area contributed by atoms with Crippen molar-refractivity contribution in [2.45, 2.75) is 33.2 Å². The van der Waals surface area contributed by atoms with Crippen LogP contribution in [0.15, 0.2) is 57.7 Å². The number of hydrogen-bond acceptors (Lipinski definition) is 3. The smallest absolute Gasteiger partial charge is 0.336 e. The fraction of sp³-hybridized carbons (Fsp3) is 0.286. The Morgan fingerprint density at radius 3 is 2.54 bits per heavy atom. The maximum atomic E-state index is 11.8. The third kappa shape index (κ3) is 3.92. The molecule has 0 radical (unpaired) electrons. The first-order chi connectivity index (χ1) is 11.6. The minimum Gasteiger partial charge on any atom is -0.423 e. The number of aryl methyl sites for hydroxylation is 3. The molecular formula is C21H23NO2. The van der Waals surface area contributed by atoms with E-state index in [-0.39, 0.29) is 5.63 Å². The second kappa shape index (κ2) is 7.45. The Bertz CT molecular complexity index is 881. The predicted octanol–water partition coefficient (Wildman–Crippen LogP) is 4.13. The van der Waals surface area contributed by atoms with Gasteiger partial charge in [0, 0.05) is 18.0 Å². The van der Waals surface area contributed by atoms with E-state index in [1.54, 1.807) is 6.07 Å². The van der Waals surface area contributed by atoms with Crippen LogP contribution in [-0.2, 0) is 13.0 Å². The summed E-state index contributed by atoms with van der Waals surface area (Å²) in [6, 6.07) is 16.1. The summed E-state index contributed by atoms with van der Waals surface area (Å²) < 4.78 is 5.34. The SMILES string of the molecule is Cc1cc2oc(=O)cc(CNCCCc3ccccc3)c2cc1C. The lowest BCUT2D eigenvalue weighted by molar-refractivity contribution is 0.555. The lowest BCUT2D eigenvalue weighted by Crippen LogP contribution is -2.17. The van der Waals surface area contributed by atoms with Gasteiger partial charge in [-0.05, 0) is 67.6 Å². The molecule has 1 N–H and O–H groups in total. The first-order valence-corrected chi connectivity index (χ1v) is 8.42. The van der Waals surface area contributed by atoms with Gasteiger partial charge in [-0.2, -0.15) is 0 Å². The molecule has 0 amide bonds. The normalized spacial score (nSPS) is 11.1. The lowest BCUT2D eigenvalue weighted by Gasteiger charge is -2.09. The highest BCUT2D eigenvalue weighted by atomic mass is 16.4. The van der Waals surface area contributed by atoms with Crippen molar-refractivity contribution in [3.8, 4) is 0 Å². The van der Waals surface area contributed by atoms with Crippen LogP contribution in [0.1, 0.15) is 28.7 Å². The zero-order chi connectivity index (χ0) is 16.9. The third-order valence-electron chi connectivity index (χ3n) is 4.42. The molecule has 0 saturated carbocycles. The Labute approximate surface area is 142 Å². The predicted molar refractivity (Wildman–Crippen MR) is 98.4 cm³/mol. The summed E-state index contributed by atoms with van der Waals surface area (Å²) in [4.78, 5) is 11.8. The van der Waals surface area contributed by atoms with Gasteiger partial charge in [0.2, 0.25) is 0 Å². The summed E-state index contributed by atoms with van der Waals surface area (Å²) in [5.41, 5.74) is 5.10. The van der Waals surface area contributed by atoms with E-state index in [9.17, 15) is 4.79 Å². The second-order valence-corrected chi connectivity index (χ2v) is 6.29. The van der Waals surface area contributed by atoms with Crippen LogP contribution in [0.3, 0.4) is 0 Å². The highest BCUT2D eigenvalue weighted by Crippen LogP contribution is 2.21. The van der Waals surface area contributed by atoms with Gasteiger partial charge in [-0.1, -0.05) is 30.3 Å². The number of nitrogens with one attached hydrogen (secondary N) is 1. The molecule has 2 aromatic carbocycles. The van der Waals surface area contributed by atoms with Crippen LogP contribution in [0.2, 0.25) is 0 Å². The minimum absolute atomic E-state index is 0.285. The molecular weight excluding hydrogens is 298 g/mol. The van der Waals surface area contributed by atoms with E-state index in [2.05, 4.69) is 42.6 Å². The van der Waals surface area contributed by atoms with Crippen LogP contribution in [0.25, 0.3) is 11.0 Å². The van der Waals surface area contributed by atoms with Crippen molar-refractivity contribution in [1.29, 1.82) is 0 Å². The molecule has 1 heterocycles. The fourth-order valence-corrected chi connectivity index (χ4v) is 2.91. The van der Waals surface area contributed by atoms with Gasteiger partial charge in [-0.25, -0.2) is 4.79 Å². The summed E-state index contributed by atoms with van der Waals surface area (Å²) in [5, 5.41) is 4.47. The molecule has 0 aliphatic heterocycles. The van der Waals surface area contributed by atoms with Gasteiger partial charge in [0.1, 0.15) is 5.58 Å². The van der Waals surface area contributed by atoms with Crippen LogP contribution >= 0.6 is 0 Å². The molecule has 0 bridgehead atoms. The summed E-state index contributed by atoms with van der Waals surface area (Å²) in [7, 11) is 0. The van der Waals surface area contributed by atoms with Crippen molar-refractivity contribution in [2.75, 3.05) is 6.54 Å². The van der Waals surface area contributed by atoms with E-state index in [4.69, 9.17) is 4.42 Å². The van der Waals surface area contributed by atoms with Crippen molar-refractivity contribution in [1.82, 2.24) is 5.32 Å². The van der Waals surface area contributed by atoms with E-state index in [0.29, 0.717) is 12.1 Å². The molecule has 3 nitrogen and oxygen atoms in total. The highest BCUT2D eigenvalue weighted by molar-refractivity contribution is 5.81. The molecule has 0 fully saturated rings. The monoisotopic (exact) mass is 321 g/mol. The number of hydrogen-bond donors (Lipinski definition) is 1. The van der Waals surface area contributed by atoms with Crippen LogP contribution in [0, 0.1) is 13.8 Å². The summed E-state index contributed by atoms with van der Waals surface area (Å²) >= 11 is 0. The average molecular weight is 321 g/mol. The van der Waals surface area contributed by atoms with Crippen molar-refractivity contribution in [3.63, 3.8) is 0 Å². The van der Waals surface area contributed by atoms with Crippen molar-refractivity contribution >= 4 is 11.0 Å². The largest absolute Gasteiger partial charge is 0.423 e. The molecule has 3 rings (SSSR count). The van der Waals surface area contributed by atoms with Gasteiger partial charge >= 0.3 is 5.63 Å². The number of rotatable bonds is 6. The highest BCUT2D eigenvalue weighted by Gasteiger charge is 2.07. The fourth-order valence-electron chi connectivity index (χ4n) is 2.91. The van der Waals surface area contributed by atoms with Crippen LogP contribution in [0.5, 0.6) is 0 Å². The zero-order valence-electron chi connectivity index (χ0n) is 14.3. The molecule has 1 aromatic heterocycles. The molecule has 0 aliphatic carbocycles. The zero-order valence-corrected chi connectivity index (χ0v) is 14.3. The van der Waals surface area contributed by atoms with Gasteiger partial charge in [0.05, 0.1) is 0 Å². The van der Waals surface area contributed by atoms with Gasteiger partial charge in [-0.15, -0.1) is 0 Å². The summed E-state index contributed by atoms with van der Waals surface area (Å²) in [6.07, 6.45) is 2.13. The first-order valence-electron chi connectivity index (χ1n) is 8.42. The van der Waals surface area contributed by atoms with E-state index in [1.807, 2.05) is 19.1 Å². The molecule has 3 heteroatoms. The Balaban J connectivity index is 1.64. The van der Waals surface area contributed by atoms with Crippen LogP contribution in [0.4, 0.5) is 0 Å². The summed E-state index contributed by atoms with van der Waals surface area (Å²) in [6.45, 7) is 5.71. The van der Waals surface area contributed by atoms with Crippen molar-refractivity contribution in [3.05, 3.63) is 81.2 Å². The van der Waals surface area contributed by atoms with Crippen molar-refractivity contribution < 1.29 is 4.42 Å².